The van der Waals surface area contributed by atoms with E-state index in [4.69, 9.17) is 4.74 Å². The Morgan fingerprint density at radius 2 is 1.76 bits per heavy atom. The van der Waals surface area contributed by atoms with Crippen molar-refractivity contribution < 1.29 is 9.53 Å². The fraction of sp³-hybridized carbons (Fsp3) is 0.0526. The number of aromatic nitrogens is 6. The van der Waals surface area contributed by atoms with Crippen LogP contribution in [0.2, 0.25) is 0 Å². The van der Waals surface area contributed by atoms with Crippen molar-refractivity contribution in [1.82, 2.24) is 29.7 Å². The zero-order valence-corrected chi connectivity index (χ0v) is 15.1. The highest BCUT2D eigenvalue weighted by molar-refractivity contribution is 5.92. The molecule has 0 aliphatic carbocycles. The summed E-state index contributed by atoms with van der Waals surface area (Å²) in [6.07, 6.45) is 8.03. The van der Waals surface area contributed by atoms with Gasteiger partial charge in [0.15, 0.2) is 12.4 Å². The highest BCUT2D eigenvalue weighted by Gasteiger charge is 2.06. The Kier molecular flexibility index (Phi) is 5.33. The van der Waals surface area contributed by atoms with E-state index in [1.54, 1.807) is 53.7 Å². The van der Waals surface area contributed by atoms with E-state index >= 15 is 0 Å². The average Bonchev–Trinajstić information content (AvgIpc) is 3.30. The van der Waals surface area contributed by atoms with Crippen LogP contribution in [0.25, 0.3) is 5.82 Å². The standard InChI is InChI=1S/C19H16N8O2/c28-18(12-29-19-20-7-1-8-21-19)26-15-5-3-14(4-6-15)25-16-11-17(23-13-22-16)27-10-2-9-24-27/h1-11,13H,12H2,(H,26,28)(H,22,23,25). The van der Waals surface area contributed by atoms with E-state index in [-0.39, 0.29) is 18.5 Å². The minimum Gasteiger partial charge on any atom is -0.453 e. The van der Waals surface area contributed by atoms with Crippen LogP contribution in [0.5, 0.6) is 6.01 Å². The number of rotatable bonds is 7. The van der Waals surface area contributed by atoms with Gasteiger partial charge in [-0.3, -0.25) is 4.79 Å². The Balaban J connectivity index is 1.33. The molecule has 0 bridgehead atoms. The molecular formula is C19H16N8O2. The first-order valence-electron chi connectivity index (χ1n) is 8.65. The number of carbonyl (C=O) groups is 1. The van der Waals surface area contributed by atoms with E-state index in [2.05, 4.69) is 35.7 Å². The van der Waals surface area contributed by atoms with Crippen molar-refractivity contribution in [3.63, 3.8) is 0 Å². The van der Waals surface area contributed by atoms with Crippen LogP contribution < -0.4 is 15.4 Å². The van der Waals surface area contributed by atoms with Crippen LogP contribution in [0.1, 0.15) is 0 Å². The third kappa shape index (κ3) is 4.89. The molecule has 0 saturated heterocycles. The predicted octanol–water partition coefficient (Wildman–Crippen LogP) is 2.21. The van der Waals surface area contributed by atoms with Gasteiger partial charge in [-0.2, -0.15) is 5.10 Å². The molecule has 29 heavy (non-hydrogen) atoms. The Morgan fingerprint density at radius 1 is 0.966 bits per heavy atom. The van der Waals surface area contributed by atoms with Crippen molar-refractivity contribution in [2.24, 2.45) is 0 Å². The van der Waals surface area contributed by atoms with Gasteiger partial charge in [-0.05, 0) is 36.4 Å². The van der Waals surface area contributed by atoms with Crippen LogP contribution in [-0.2, 0) is 4.79 Å². The lowest BCUT2D eigenvalue weighted by Gasteiger charge is -2.09. The number of nitrogens with one attached hydrogen (secondary N) is 2. The summed E-state index contributed by atoms with van der Waals surface area (Å²) in [7, 11) is 0. The van der Waals surface area contributed by atoms with E-state index < -0.39 is 0 Å². The van der Waals surface area contributed by atoms with Crippen LogP contribution in [0.3, 0.4) is 0 Å². The third-order valence-electron chi connectivity index (χ3n) is 3.71. The number of ether oxygens (including phenoxy) is 1. The molecule has 10 nitrogen and oxygen atoms in total. The first-order chi connectivity index (χ1) is 14.3. The second kappa shape index (κ2) is 8.57. The molecule has 0 saturated carbocycles. The molecular weight excluding hydrogens is 372 g/mol. The molecule has 0 atom stereocenters. The van der Waals surface area contributed by atoms with Crippen LogP contribution in [0, 0.1) is 0 Å². The van der Waals surface area contributed by atoms with Gasteiger partial charge in [-0.25, -0.2) is 24.6 Å². The second-order valence-electron chi connectivity index (χ2n) is 5.78. The molecule has 144 valence electrons. The number of amides is 1. The first-order valence-corrected chi connectivity index (χ1v) is 8.65. The molecule has 4 aromatic rings. The van der Waals surface area contributed by atoms with Gasteiger partial charge in [-0.15, -0.1) is 0 Å². The summed E-state index contributed by atoms with van der Waals surface area (Å²) in [6.45, 7) is -0.179. The largest absolute Gasteiger partial charge is 0.453 e. The van der Waals surface area contributed by atoms with Crippen LogP contribution in [0.15, 0.2) is 73.6 Å². The van der Waals surface area contributed by atoms with Gasteiger partial charge < -0.3 is 15.4 Å². The van der Waals surface area contributed by atoms with E-state index in [0.717, 1.165) is 5.69 Å². The summed E-state index contributed by atoms with van der Waals surface area (Å²) in [4.78, 5) is 28.2. The second-order valence-corrected chi connectivity index (χ2v) is 5.78. The molecule has 3 heterocycles. The molecule has 0 aliphatic rings. The first kappa shape index (κ1) is 18.0. The van der Waals surface area contributed by atoms with Gasteiger partial charge in [0.05, 0.1) is 0 Å². The highest BCUT2D eigenvalue weighted by atomic mass is 16.5. The maximum absolute atomic E-state index is 12.0. The summed E-state index contributed by atoms with van der Waals surface area (Å²) in [5.74, 6) is 0.968. The minimum absolute atomic E-state index is 0.154. The van der Waals surface area contributed by atoms with E-state index in [9.17, 15) is 4.79 Å². The van der Waals surface area contributed by atoms with Crippen LogP contribution in [0.4, 0.5) is 17.2 Å². The SMILES string of the molecule is O=C(COc1ncccn1)Nc1ccc(Nc2cc(-n3cccn3)ncn2)cc1. The molecule has 4 rings (SSSR count). The molecule has 1 aromatic carbocycles. The summed E-state index contributed by atoms with van der Waals surface area (Å²) >= 11 is 0. The maximum atomic E-state index is 12.0. The lowest BCUT2D eigenvalue weighted by Crippen LogP contribution is -2.20. The molecule has 3 aromatic heterocycles. The molecule has 0 aliphatic heterocycles. The summed E-state index contributed by atoms with van der Waals surface area (Å²) < 4.78 is 6.86. The van der Waals surface area contributed by atoms with Gasteiger partial charge in [0.1, 0.15) is 12.1 Å². The number of benzene rings is 1. The zero-order chi connectivity index (χ0) is 19.9. The van der Waals surface area contributed by atoms with Gasteiger partial charge in [0.25, 0.3) is 5.91 Å². The van der Waals surface area contributed by atoms with Crippen molar-refractivity contribution in [2.75, 3.05) is 17.2 Å². The Bertz CT molecular complexity index is 1070. The summed E-state index contributed by atoms with van der Waals surface area (Å²) in [6, 6.07) is 12.6. The Hall–Kier alpha value is -4.34. The van der Waals surface area contributed by atoms with Crippen molar-refractivity contribution in [1.29, 1.82) is 0 Å². The lowest BCUT2D eigenvalue weighted by molar-refractivity contribution is -0.118. The fourth-order valence-corrected chi connectivity index (χ4v) is 2.42. The zero-order valence-electron chi connectivity index (χ0n) is 15.1. The summed E-state index contributed by atoms with van der Waals surface area (Å²) in [5, 5.41) is 10.1. The minimum atomic E-state index is -0.308. The molecule has 0 unspecified atom stereocenters. The van der Waals surface area contributed by atoms with Crippen molar-refractivity contribution >= 4 is 23.1 Å². The monoisotopic (exact) mass is 388 g/mol. The topological polar surface area (TPSA) is 120 Å². The van der Waals surface area contributed by atoms with Crippen molar-refractivity contribution in [2.45, 2.75) is 0 Å². The molecule has 2 N–H and O–H groups in total. The molecule has 0 radical (unpaired) electrons. The van der Waals surface area contributed by atoms with Crippen molar-refractivity contribution in [3.05, 3.63) is 73.6 Å². The number of anilines is 3. The van der Waals surface area contributed by atoms with Crippen LogP contribution >= 0.6 is 0 Å². The Morgan fingerprint density at radius 3 is 2.52 bits per heavy atom. The van der Waals surface area contributed by atoms with E-state index in [1.165, 1.54) is 6.33 Å². The molecule has 10 heteroatoms. The quantitative estimate of drug-likeness (QED) is 0.494. The predicted molar refractivity (Wildman–Crippen MR) is 105 cm³/mol. The van der Waals surface area contributed by atoms with Crippen molar-refractivity contribution in [3.8, 4) is 11.8 Å². The van der Waals surface area contributed by atoms with Gasteiger partial charge in [-0.1, -0.05) is 0 Å². The molecule has 1 amide bonds. The smallest absolute Gasteiger partial charge is 0.316 e. The number of carbonyl (C=O) groups excluding carboxylic acids is 1. The fourth-order valence-electron chi connectivity index (χ4n) is 2.42. The number of hydrogen-bond donors (Lipinski definition) is 2. The summed E-state index contributed by atoms with van der Waals surface area (Å²) in [5.41, 5.74) is 1.44. The highest BCUT2D eigenvalue weighted by Crippen LogP contribution is 2.18. The maximum Gasteiger partial charge on any atom is 0.316 e. The van der Waals surface area contributed by atoms with Crippen LogP contribution in [-0.4, -0.2) is 42.2 Å². The van der Waals surface area contributed by atoms with Gasteiger partial charge in [0.2, 0.25) is 0 Å². The van der Waals surface area contributed by atoms with E-state index in [1.807, 2.05) is 18.2 Å². The Labute approximate surface area is 165 Å². The third-order valence-corrected chi connectivity index (χ3v) is 3.71. The van der Waals surface area contributed by atoms with Gasteiger partial charge in [0, 0.05) is 42.2 Å². The molecule has 0 spiro atoms. The number of hydrogen-bond acceptors (Lipinski definition) is 8. The average molecular weight is 388 g/mol. The van der Waals surface area contributed by atoms with E-state index in [0.29, 0.717) is 17.3 Å². The molecule has 0 fully saturated rings. The number of nitrogens with zero attached hydrogens (tertiary/aromatic N) is 6. The normalized spacial score (nSPS) is 10.3. The lowest BCUT2D eigenvalue weighted by atomic mass is 10.2. The van der Waals surface area contributed by atoms with Gasteiger partial charge >= 0.3 is 6.01 Å².